The molecular weight excluding hydrogens is 334 g/mol. The molecule has 0 aliphatic rings. The average Bonchev–Trinajstić information content (AvgIpc) is 3.02. The summed E-state index contributed by atoms with van der Waals surface area (Å²) in [5, 5.41) is 11.6. The van der Waals surface area contributed by atoms with Gasteiger partial charge in [-0.3, -0.25) is 4.79 Å². The number of amides is 1. The van der Waals surface area contributed by atoms with Crippen molar-refractivity contribution < 1.29 is 4.79 Å². The van der Waals surface area contributed by atoms with Crippen molar-refractivity contribution in [3.05, 3.63) is 66.2 Å². The number of hydrogen-bond donors (Lipinski definition) is 2. The summed E-state index contributed by atoms with van der Waals surface area (Å²) in [6, 6.07) is 19.4. The highest BCUT2D eigenvalue weighted by molar-refractivity contribution is 7.99. The lowest BCUT2D eigenvalue weighted by molar-refractivity contribution is -0.119. The molecule has 1 heterocycles. The van der Waals surface area contributed by atoms with Gasteiger partial charge in [-0.1, -0.05) is 72.4 Å². The first-order valence-electron chi connectivity index (χ1n) is 7.88. The topological polar surface area (TPSA) is 85.8 Å². The van der Waals surface area contributed by atoms with Crippen LogP contribution in [0.5, 0.6) is 0 Å². The summed E-state index contributed by atoms with van der Waals surface area (Å²) in [4.78, 5) is 12.2. The summed E-state index contributed by atoms with van der Waals surface area (Å²) in [7, 11) is 0. The van der Waals surface area contributed by atoms with Crippen molar-refractivity contribution in [2.75, 3.05) is 11.6 Å². The van der Waals surface area contributed by atoms with Gasteiger partial charge >= 0.3 is 0 Å². The molecule has 25 heavy (non-hydrogen) atoms. The molecule has 0 saturated heterocycles. The molecule has 0 spiro atoms. The summed E-state index contributed by atoms with van der Waals surface area (Å²) < 4.78 is 1.41. The Kier molecular flexibility index (Phi) is 5.35. The van der Waals surface area contributed by atoms with Gasteiger partial charge < -0.3 is 11.2 Å². The van der Waals surface area contributed by atoms with Crippen molar-refractivity contribution in [3.8, 4) is 11.4 Å². The number of carbonyl (C=O) groups excluding carboxylic acids is 1. The zero-order valence-electron chi connectivity index (χ0n) is 13.8. The van der Waals surface area contributed by atoms with Crippen molar-refractivity contribution in [3.63, 3.8) is 0 Å². The number of rotatable bonds is 6. The first kappa shape index (κ1) is 17.0. The van der Waals surface area contributed by atoms with Gasteiger partial charge in [-0.25, -0.2) is 4.68 Å². The third-order valence-electron chi connectivity index (χ3n) is 3.71. The van der Waals surface area contributed by atoms with E-state index in [1.165, 1.54) is 16.4 Å². The van der Waals surface area contributed by atoms with Gasteiger partial charge in [0.25, 0.3) is 0 Å². The highest BCUT2D eigenvalue weighted by Crippen LogP contribution is 2.21. The zero-order valence-corrected chi connectivity index (χ0v) is 14.6. The molecule has 6 nitrogen and oxygen atoms in total. The highest BCUT2D eigenvalue weighted by Gasteiger charge is 2.15. The van der Waals surface area contributed by atoms with Gasteiger partial charge in [0.1, 0.15) is 0 Å². The third-order valence-corrected chi connectivity index (χ3v) is 4.65. The standard InChI is InChI=1S/C18H19N5OS/c1-13(14-8-4-2-5-9-14)20-16(24)12-25-18-22-21-17(23(18)19)15-10-6-3-7-11-15/h2-11,13H,12,19H2,1H3,(H,20,24). The third kappa shape index (κ3) is 4.19. The van der Waals surface area contributed by atoms with Crippen molar-refractivity contribution >= 4 is 17.7 Å². The average molecular weight is 353 g/mol. The normalized spacial score (nSPS) is 11.9. The molecule has 2 aromatic carbocycles. The van der Waals surface area contributed by atoms with Crippen LogP contribution in [0.4, 0.5) is 0 Å². The number of aromatic nitrogens is 3. The number of benzene rings is 2. The Balaban J connectivity index is 1.59. The molecular formula is C18H19N5OS. The zero-order chi connectivity index (χ0) is 17.6. The molecule has 1 atom stereocenters. The summed E-state index contributed by atoms with van der Waals surface area (Å²) in [5.41, 5.74) is 1.95. The highest BCUT2D eigenvalue weighted by atomic mass is 32.2. The maximum atomic E-state index is 12.2. The molecule has 1 unspecified atom stereocenters. The van der Waals surface area contributed by atoms with Crippen LogP contribution >= 0.6 is 11.8 Å². The molecule has 7 heteroatoms. The number of nitrogen functional groups attached to an aromatic ring is 1. The number of thioether (sulfide) groups is 1. The monoisotopic (exact) mass is 353 g/mol. The van der Waals surface area contributed by atoms with Gasteiger partial charge in [0.15, 0.2) is 5.82 Å². The summed E-state index contributed by atoms with van der Waals surface area (Å²) in [5.74, 6) is 6.77. The van der Waals surface area contributed by atoms with Gasteiger partial charge in [0.05, 0.1) is 11.8 Å². The Bertz CT molecular complexity index is 835. The molecule has 0 bridgehead atoms. The van der Waals surface area contributed by atoms with Gasteiger partial charge in [-0.15, -0.1) is 10.2 Å². The second-order valence-corrected chi connectivity index (χ2v) is 6.47. The molecule has 1 aromatic heterocycles. The molecule has 0 aliphatic carbocycles. The lowest BCUT2D eigenvalue weighted by atomic mass is 10.1. The Hall–Kier alpha value is -2.80. The Labute approximate surface area is 150 Å². The molecule has 3 aromatic rings. The molecule has 0 radical (unpaired) electrons. The SMILES string of the molecule is CC(NC(=O)CSc1nnc(-c2ccccc2)n1N)c1ccccc1. The predicted octanol–water partition coefficient (Wildman–Crippen LogP) is 2.63. The van der Waals surface area contributed by atoms with Gasteiger partial charge in [0.2, 0.25) is 11.1 Å². The van der Waals surface area contributed by atoms with Crippen LogP contribution < -0.4 is 11.2 Å². The fourth-order valence-electron chi connectivity index (χ4n) is 2.40. The van der Waals surface area contributed by atoms with E-state index in [4.69, 9.17) is 5.84 Å². The Morgan fingerprint density at radius 2 is 1.76 bits per heavy atom. The van der Waals surface area contributed by atoms with Crippen LogP contribution in [0.3, 0.4) is 0 Å². The van der Waals surface area contributed by atoms with Crippen LogP contribution in [-0.2, 0) is 4.79 Å². The number of nitrogens with one attached hydrogen (secondary N) is 1. The van der Waals surface area contributed by atoms with E-state index < -0.39 is 0 Å². The van der Waals surface area contributed by atoms with Gasteiger partial charge in [-0.2, -0.15) is 0 Å². The van der Waals surface area contributed by atoms with E-state index >= 15 is 0 Å². The molecule has 1 amide bonds. The molecule has 3 N–H and O–H groups in total. The molecule has 0 aliphatic heterocycles. The van der Waals surface area contributed by atoms with E-state index in [0.29, 0.717) is 11.0 Å². The number of carbonyl (C=O) groups is 1. The summed E-state index contributed by atoms with van der Waals surface area (Å²) >= 11 is 1.26. The van der Waals surface area contributed by atoms with Gasteiger partial charge in [-0.05, 0) is 12.5 Å². The smallest absolute Gasteiger partial charge is 0.230 e. The quantitative estimate of drug-likeness (QED) is 0.525. The maximum absolute atomic E-state index is 12.2. The number of hydrogen-bond acceptors (Lipinski definition) is 5. The van der Waals surface area contributed by atoms with E-state index in [9.17, 15) is 4.79 Å². The van der Waals surface area contributed by atoms with Crippen LogP contribution in [0.25, 0.3) is 11.4 Å². The molecule has 0 saturated carbocycles. The lowest BCUT2D eigenvalue weighted by Gasteiger charge is -2.13. The predicted molar refractivity (Wildman–Crippen MR) is 99.3 cm³/mol. The largest absolute Gasteiger partial charge is 0.349 e. The van der Waals surface area contributed by atoms with Crippen molar-refractivity contribution in [1.82, 2.24) is 20.2 Å². The van der Waals surface area contributed by atoms with Crippen LogP contribution in [0.1, 0.15) is 18.5 Å². The molecule has 128 valence electrons. The van der Waals surface area contributed by atoms with Crippen LogP contribution in [0, 0.1) is 0 Å². The second kappa shape index (κ2) is 7.85. The van der Waals surface area contributed by atoms with Crippen molar-refractivity contribution in [1.29, 1.82) is 0 Å². The van der Waals surface area contributed by atoms with Crippen molar-refractivity contribution in [2.45, 2.75) is 18.1 Å². The number of nitrogens with zero attached hydrogens (tertiary/aromatic N) is 3. The fraction of sp³-hybridized carbons (Fsp3) is 0.167. The van der Waals surface area contributed by atoms with E-state index in [2.05, 4.69) is 15.5 Å². The van der Waals surface area contributed by atoms with E-state index in [1.807, 2.05) is 67.6 Å². The minimum absolute atomic E-state index is 0.0510. The first-order chi connectivity index (χ1) is 12.1. The van der Waals surface area contributed by atoms with Gasteiger partial charge in [0, 0.05) is 5.56 Å². The van der Waals surface area contributed by atoms with Crippen LogP contribution in [0.15, 0.2) is 65.8 Å². The van der Waals surface area contributed by atoms with E-state index in [0.717, 1.165) is 11.1 Å². The second-order valence-electron chi connectivity index (χ2n) is 5.53. The van der Waals surface area contributed by atoms with E-state index in [1.54, 1.807) is 0 Å². The lowest BCUT2D eigenvalue weighted by Crippen LogP contribution is -2.28. The fourth-order valence-corrected chi connectivity index (χ4v) is 3.07. The Morgan fingerprint density at radius 3 is 2.44 bits per heavy atom. The number of nitrogens with two attached hydrogens (primary N) is 1. The van der Waals surface area contributed by atoms with E-state index in [-0.39, 0.29) is 17.7 Å². The Morgan fingerprint density at radius 1 is 1.12 bits per heavy atom. The molecule has 3 rings (SSSR count). The minimum Gasteiger partial charge on any atom is -0.349 e. The summed E-state index contributed by atoms with van der Waals surface area (Å²) in [6.45, 7) is 1.96. The molecule has 0 fully saturated rings. The first-order valence-corrected chi connectivity index (χ1v) is 8.86. The maximum Gasteiger partial charge on any atom is 0.230 e. The van der Waals surface area contributed by atoms with Crippen LogP contribution in [-0.4, -0.2) is 26.5 Å². The van der Waals surface area contributed by atoms with Crippen molar-refractivity contribution in [2.24, 2.45) is 0 Å². The minimum atomic E-state index is -0.0781. The van der Waals surface area contributed by atoms with Crippen LogP contribution in [0.2, 0.25) is 0 Å². The summed E-state index contributed by atoms with van der Waals surface area (Å²) in [6.07, 6.45) is 0.